The molecule has 0 aliphatic heterocycles. The molecular formula is C25H20N6O2S. The molecule has 2 N–H and O–H groups in total. The molecule has 34 heavy (non-hydrogen) atoms. The van der Waals surface area contributed by atoms with Crippen molar-refractivity contribution in [2.45, 2.75) is 0 Å². The number of benzene rings is 2. The van der Waals surface area contributed by atoms with E-state index in [1.54, 1.807) is 25.5 Å². The van der Waals surface area contributed by atoms with Crippen molar-refractivity contribution < 1.29 is 9.53 Å². The van der Waals surface area contributed by atoms with Crippen molar-refractivity contribution in [3.63, 3.8) is 0 Å². The number of rotatable bonds is 7. The zero-order chi connectivity index (χ0) is 23.3. The average Bonchev–Trinajstić information content (AvgIpc) is 3.37. The van der Waals surface area contributed by atoms with Gasteiger partial charge in [0.05, 0.1) is 11.2 Å². The van der Waals surface area contributed by atoms with Gasteiger partial charge in [0.15, 0.2) is 17.6 Å². The Bertz CT molecular complexity index is 1440. The summed E-state index contributed by atoms with van der Waals surface area (Å²) in [5.74, 6) is 1.46. The summed E-state index contributed by atoms with van der Waals surface area (Å²) in [7, 11) is 1.57. The number of amides is 1. The second kappa shape index (κ2) is 9.63. The summed E-state index contributed by atoms with van der Waals surface area (Å²) in [6, 6.07) is 19.2. The van der Waals surface area contributed by atoms with Crippen molar-refractivity contribution in [1.29, 1.82) is 0 Å². The SMILES string of the molecule is CNC(=O)COc1ccc2nc(-c3cccnc3)nc(Nc3nc(-c4ccccc4)cs3)c2c1. The highest BCUT2D eigenvalue weighted by molar-refractivity contribution is 7.14. The van der Waals surface area contributed by atoms with Crippen LogP contribution in [0.1, 0.15) is 0 Å². The second-order valence-corrected chi connectivity index (χ2v) is 8.17. The summed E-state index contributed by atoms with van der Waals surface area (Å²) in [5, 5.41) is 9.35. The van der Waals surface area contributed by atoms with Gasteiger partial charge >= 0.3 is 0 Å². The maximum atomic E-state index is 11.6. The number of nitrogens with zero attached hydrogens (tertiary/aromatic N) is 4. The first-order valence-corrected chi connectivity index (χ1v) is 11.4. The number of nitrogens with one attached hydrogen (secondary N) is 2. The second-order valence-electron chi connectivity index (χ2n) is 7.31. The zero-order valence-electron chi connectivity index (χ0n) is 18.2. The van der Waals surface area contributed by atoms with E-state index in [1.807, 2.05) is 60.0 Å². The number of anilines is 2. The number of fused-ring (bicyclic) bond motifs is 1. The van der Waals surface area contributed by atoms with E-state index in [2.05, 4.69) is 15.6 Å². The monoisotopic (exact) mass is 468 g/mol. The maximum Gasteiger partial charge on any atom is 0.257 e. The molecule has 0 spiro atoms. The van der Waals surface area contributed by atoms with Crippen molar-refractivity contribution in [3.8, 4) is 28.4 Å². The largest absolute Gasteiger partial charge is 0.484 e. The molecule has 168 valence electrons. The molecule has 5 aromatic rings. The summed E-state index contributed by atoms with van der Waals surface area (Å²) in [6.07, 6.45) is 3.43. The lowest BCUT2D eigenvalue weighted by Gasteiger charge is -2.11. The third-order valence-electron chi connectivity index (χ3n) is 5.03. The standard InChI is InChI=1S/C25H20N6O2S/c1-26-22(32)14-33-18-9-10-20-19(12-18)24(30-23(28-20)17-8-5-11-27-13-17)31-25-29-21(15-34-25)16-6-3-2-4-7-16/h2-13,15H,14H2,1H3,(H,26,32)(H,28,29,30,31). The highest BCUT2D eigenvalue weighted by atomic mass is 32.1. The normalized spacial score (nSPS) is 10.7. The Morgan fingerprint density at radius 2 is 1.85 bits per heavy atom. The molecule has 0 saturated carbocycles. The number of hydrogen-bond acceptors (Lipinski definition) is 8. The summed E-state index contributed by atoms with van der Waals surface area (Å²) in [5.41, 5.74) is 3.45. The van der Waals surface area contributed by atoms with Gasteiger partial charge in [0.25, 0.3) is 5.91 Å². The van der Waals surface area contributed by atoms with Crippen molar-refractivity contribution in [3.05, 3.63) is 78.4 Å². The van der Waals surface area contributed by atoms with Crippen LogP contribution in [0.25, 0.3) is 33.5 Å². The lowest BCUT2D eigenvalue weighted by molar-refractivity contribution is -0.122. The van der Waals surface area contributed by atoms with Crippen LogP contribution in [-0.4, -0.2) is 39.5 Å². The van der Waals surface area contributed by atoms with E-state index in [-0.39, 0.29) is 12.5 Å². The van der Waals surface area contributed by atoms with Gasteiger partial charge in [-0.15, -0.1) is 11.3 Å². The van der Waals surface area contributed by atoms with E-state index in [9.17, 15) is 4.79 Å². The number of ether oxygens (including phenoxy) is 1. The predicted octanol–water partition coefficient (Wildman–Crippen LogP) is 4.68. The Labute approximate surface area is 199 Å². The van der Waals surface area contributed by atoms with E-state index >= 15 is 0 Å². The van der Waals surface area contributed by atoms with Gasteiger partial charge in [-0.1, -0.05) is 30.3 Å². The Balaban J connectivity index is 1.54. The van der Waals surface area contributed by atoms with Crippen LogP contribution in [0.3, 0.4) is 0 Å². The van der Waals surface area contributed by atoms with Crippen LogP contribution in [0.5, 0.6) is 5.75 Å². The molecule has 0 fully saturated rings. The van der Waals surface area contributed by atoms with Crippen molar-refractivity contribution in [2.24, 2.45) is 0 Å². The minimum atomic E-state index is -0.210. The first kappa shape index (κ1) is 21.5. The number of pyridine rings is 1. The van der Waals surface area contributed by atoms with Crippen LogP contribution in [0, 0.1) is 0 Å². The van der Waals surface area contributed by atoms with Crippen LogP contribution >= 0.6 is 11.3 Å². The van der Waals surface area contributed by atoms with Gasteiger partial charge in [0.2, 0.25) is 0 Å². The van der Waals surface area contributed by atoms with E-state index < -0.39 is 0 Å². The van der Waals surface area contributed by atoms with Crippen molar-refractivity contribution in [2.75, 3.05) is 19.0 Å². The topological polar surface area (TPSA) is 102 Å². The minimum absolute atomic E-state index is 0.0771. The molecule has 0 aliphatic rings. The zero-order valence-corrected chi connectivity index (χ0v) is 19.0. The van der Waals surface area contributed by atoms with Crippen LogP contribution < -0.4 is 15.4 Å². The summed E-state index contributed by atoms with van der Waals surface area (Å²) < 4.78 is 5.63. The van der Waals surface area contributed by atoms with Gasteiger partial charge < -0.3 is 15.4 Å². The maximum absolute atomic E-state index is 11.6. The van der Waals surface area contributed by atoms with E-state index in [1.165, 1.54) is 11.3 Å². The molecule has 1 amide bonds. The van der Waals surface area contributed by atoms with E-state index in [0.717, 1.165) is 27.7 Å². The number of aromatic nitrogens is 4. The van der Waals surface area contributed by atoms with Crippen LogP contribution in [0.4, 0.5) is 10.9 Å². The van der Waals surface area contributed by atoms with Crippen molar-refractivity contribution in [1.82, 2.24) is 25.3 Å². The van der Waals surface area contributed by atoms with Crippen LogP contribution in [0.2, 0.25) is 0 Å². The number of carbonyl (C=O) groups is 1. The number of carbonyl (C=O) groups excluding carboxylic acids is 1. The van der Waals surface area contributed by atoms with Crippen LogP contribution in [0.15, 0.2) is 78.4 Å². The molecule has 0 unspecified atom stereocenters. The molecule has 0 radical (unpaired) electrons. The molecule has 2 aromatic carbocycles. The summed E-state index contributed by atoms with van der Waals surface area (Å²) in [6.45, 7) is -0.0771. The summed E-state index contributed by atoms with van der Waals surface area (Å²) in [4.78, 5) is 30.0. The molecule has 0 saturated heterocycles. The lowest BCUT2D eigenvalue weighted by atomic mass is 10.2. The van der Waals surface area contributed by atoms with Gasteiger partial charge in [-0.25, -0.2) is 15.0 Å². The number of hydrogen-bond donors (Lipinski definition) is 2. The fourth-order valence-electron chi connectivity index (χ4n) is 3.31. The molecule has 8 nitrogen and oxygen atoms in total. The molecule has 3 heterocycles. The molecule has 5 rings (SSSR count). The first-order valence-electron chi connectivity index (χ1n) is 10.5. The molecule has 9 heteroatoms. The fourth-order valence-corrected chi connectivity index (χ4v) is 4.03. The quantitative estimate of drug-likeness (QED) is 0.357. The molecular weight excluding hydrogens is 448 g/mol. The highest BCUT2D eigenvalue weighted by Crippen LogP contribution is 2.32. The number of likely N-dealkylation sites (N-methyl/N-ethyl adjacent to an activating group) is 1. The van der Waals surface area contributed by atoms with Crippen LogP contribution in [-0.2, 0) is 4.79 Å². The highest BCUT2D eigenvalue weighted by Gasteiger charge is 2.14. The third kappa shape index (κ3) is 4.69. The molecule has 0 bridgehead atoms. The Morgan fingerprint density at radius 3 is 2.65 bits per heavy atom. The van der Waals surface area contributed by atoms with Gasteiger partial charge in [-0.05, 0) is 30.3 Å². The predicted molar refractivity (Wildman–Crippen MR) is 133 cm³/mol. The fraction of sp³-hybridized carbons (Fsp3) is 0.0800. The van der Waals surface area contributed by atoms with Gasteiger partial charge in [0.1, 0.15) is 11.6 Å². The minimum Gasteiger partial charge on any atom is -0.484 e. The molecule has 3 aromatic heterocycles. The van der Waals surface area contributed by atoms with Crippen molar-refractivity contribution >= 4 is 39.1 Å². The number of thiazole rings is 1. The Morgan fingerprint density at radius 1 is 1.00 bits per heavy atom. The van der Waals surface area contributed by atoms with E-state index in [4.69, 9.17) is 19.7 Å². The summed E-state index contributed by atoms with van der Waals surface area (Å²) >= 11 is 1.49. The van der Waals surface area contributed by atoms with E-state index in [0.29, 0.717) is 22.5 Å². The lowest BCUT2D eigenvalue weighted by Crippen LogP contribution is -2.24. The average molecular weight is 469 g/mol. The molecule has 0 atom stereocenters. The Kier molecular flexibility index (Phi) is 6.09. The molecule has 0 aliphatic carbocycles. The Hall–Kier alpha value is -4.37. The third-order valence-corrected chi connectivity index (χ3v) is 5.79. The van der Waals surface area contributed by atoms with Gasteiger partial charge in [-0.2, -0.15) is 0 Å². The smallest absolute Gasteiger partial charge is 0.257 e. The van der Waals surface area contributed by atoms with Gasteiger partial charge in [0, 0.05) is 41.3 Å². The first-order chi connectivity index (χ1) is 16.7. The van der Waals surface area contributed by atoms with Gasteiger partial charge in [-0.3, -0.25) is 9.78 Å².